The van der Waals surface area contributed by atoms with Gasteiger partial charge in [-0.25, -0.2) is 9.07 Å². The third kappa shape index (κ3) is 5.49. The number of nitrogens with zero attached hydrogens (tertiary/aromatic N) is 3. The first-order valence-corrected chi connectivity index (χ1v) is 12.7. The van der Waals surface area contributed by atoms with E-state index in [0.29, 0.717) is 11.8 Å². The van der Waals surface area contributed by atoms with Crippen molar-refractivity contribution in [1.82, 2.24) is 14.7 Å². The molecule has 1 aliphatic rings. The number of methoxy groups -OCH3 is 1. The summed E-state index contributed by atoms with van der Waals surface area (Å²) in [7, 11) is 1.69. The number of hydrogen-bond donors (Lipinski definition) is 0. The average Bonchev–Trinajstić information content (AvgIpc) is 2.92. The van der Waals surface area contributed by atoms with Crippen LogP contribution in [0.4, 0.5) is 4.39 Å². The van der Waals surface area contributed by atoms with Crippen LogP contribution in [0.15, 0.2) is 77.6 Å². The Morgan fingerprint density at radius 3 is 2.28 bits per heavy atom. The van der Waals surface area contributed by atoms with E-state index in [1.54, 1.807) is 23.9 Å². The summed E-state index contributed by atoms with van der Waals surface area (Å²) in [5, 5.41) is 6.44. The zero-order valence-corrected chi connectivity index (χ0v) is 20.7. The molecule has 36 heavy (non-hydrogen) atoms. The largest absolute Gasteiger partial charge is 0.497 e. The predicted octanol–water partition coefficient (Wildman–Crippen LogP) is 5.40. The van der Waals surface area contributed by atoms with Crippen LogP contribution in [0, 0.1) is 5.82 Å². The number of benzene rings is 3. The van der Waals surface area contributed by atoms with E-state index in [1.807, 2.05) is 36.4 Å². The van der Waals surface area contributed by atoms with Gasteiger partial charge >= 0.3 is 0 Å². The van der Waals surface area contributed by atoms with Gasteiger partial charge in [-0.1, -0.05) is 42.5 Å². The first-order chi connectivity index (χ1) is 17.6. The van der Waals surface area contributed by atoms with Gasteiger partial charge in [0.15, 0.2) is 0 Å². The first-order valence-electron chi connectivity index (χ1n) is 12.7. The van der Waals surface area contributed by atoms with Crippen molar-refractivity contribution in [2.75, 3.05) is 26.7 Å². The minimum absolute atomic E-state index is 0.0218. The van der Waals surface area contributed by atoms with E-state index in [2.05, 4.69) is 17.0 Å². The second-order valence-electron chi connectivity index (χ2n) is 9.57. The molecular weight excluding hydrogens is 453 g/mol. The van der Waals surface area contributed by atoms with E-state index in [-0.39, 0.29) is 17.4 Å². The Morgan fingerprint density at radius 2 is 1.58 bits per heavy atom. The smallest absolute Gasteiger partial charge is 0.274 e. The Labute approximate surface area is 211 Å². The monoisotopic (exact) mass is 485 g/mol. The lowest BCUT2D eigenvalue weighted by Crippen LogP contribution is -2.39. The van der Waals surface area contributed by atoms with Crippen LogP contribution in [0.2, 0.25) is 0 Å². The topological polar surface area (TPSA) is 47.4 Å². The fraction of sp³-hybridized carbons (Fsp3) is 0.333. The number of aromatic nitrogens is 2. The van der Waals surface area contributed by atoms with Crippen molar-refractivity contribution >= 4 is 10.8 Å². The summed E-state index contributed by atoms with van der Waals surface area (Å²) in [6, 6.07) is 22.6. The van der Waals surface area contributed by atoms with Crippen molar-refractivity contribution in [3.05, 3.63) is 106 Å². The van der Waals surface area contributed by atoms with Gasteiger partial charge in [-0.2, -0.15) is 5.10 Å². The number of aryl methyl sites for hydroxylation is 1. The lowest BCUT2D eigenvalue weighted by atomic mass is 10.0. The van der Waals surface area contributed by atoms with Crippen molar-refractivity contribution in [3.8, 4) is 5.75 Å². The Bertz CT molecular complexity index is 1360. The van der Waals surface area contributed by atoms with Gasteiger partial charge in [0.1, 0.15) is 11.6 Å². The zero-order chi connectivity index (χ0) is 24.9. The molecule has 2 heterocycles. The molecule has 4 aromatic rings. The van der Waals surface area contributed by atoms with E-state index >= 15 is 0 Å². The molecule has 186 valence electrons. The molecule has 0 atom stereocenters. The molecule has 1 aliphatic heterocycles. The van der Waals surface area contributed by atoms with Crippen LogP contribution in [0.3, 0.4) is 0 Å². The Kier molecular flexibility index (Phi) is 7.42. The number of fused-ring (bicyclic) bond motifs is 1. The Balaban J connectivity index is 1.26. The summed E-state index contributed by atoms with van der Waals surface area (Å²) in [4.78, 5) is 15.9. The SMILES string of the molecule is COc1ccc(CCCN2CCC(n3nc(Cc4ccc(F)cc4)c4ccccc4c3=O)CC2)cc1. The van der Waals surface area contributed by atoms with Gasteiger partial charge < -0.3 is 9.64 Å². The van der Waals surface area contributed by atoms with Crippen LogP contribution >= 0.6 is 0 Å². The van der Waals surface area contributed by atoms with E-state index in [4.69, 9.17) is 9.84 Å². The van der Waals surface area contributed by atoms with Crippen LogP contribution in [-0.2, 0) is 12.8 Å². The van der Waals surface area contributed by atoms with Gasteiger partial charge in [0.25, 0.3) is 5.56 Å². The summed E-state index contributed by atoms with van der Waals surface area (Å²) < 4.78 is 20.3. The highest BCUT2D eigenvalue weighted by atomic mass is 19.1. The summed E-state index contributed by atoms with van der Waals surface area (Å²) in [5.74, 6) is 0.636. The number of halogens is 1. The fourth-order valence-corrected chi connectivity index (χ4v) is 5.13. The lowest BCUT2D eigenvalue weighted by Gasteiger charge is -2.32. The molecule has 0 amide bonds. The number of ether oxygens (including phenoxy) is 1. The molecule has 5 nitrogen and oxygen atoms in total. The molecule has 0 aliphatic carbocycles. The van der Waals surface area contributed by atoms with Gasteiger partial charge in [-0.05, 0) is 73.7 Å². The quantitative estimate of drug-likeness (QED) is 0.335. The zero-order valence-electron chi connectivity index (χ0n) is 20.7. The molecule has 3 aromatic carbocycles. The van der Waals surface area contributed by atoms with Crippen LogP contribution in [0.5, 0.6) is 5.75 Å². The van der Waals surface area contributed by atoms with Crippen LogP contribution < -0.4 is 10.3 Å². The number of piperidine rings is 1. The highest BCUT2D eigenvalue weighted by molar-refractivity contribution is 5.83. The number of hydrogen-bond acceptors (Lipinski definition) is 4. The van der Waals surface area contributed by atoms with Crippen molar-refractivity contribution in [2.24, 2.45) is 0 Å². The maximum Gasteiger partial charge on any atom is 0.274 e. The average molecular weight is 486 g/mol. The molecule has 5 rings (SSSR count). The number of likely N-dealkylation sites (tertiary alicyclic amines) is 1. The van der Waals surface area contributed by atoms with E-state index in [1.165, 1.54) is 17.7 Å². The summed E-state index contributed by atoms with van der Waals surface area (Å²) in [5.41, 5.74) is 3.14. The maximum absolute atomic E-state index is 13.4. The third-order valence-corrected chi connectivity index (χ3v) is 7.19. The molecule has 1 saturated heterocycles. The minimum Gasteiger partial charge on any atom is -0.497 e. The normalized spacial score (nSPS) is 14.8. The molecule has 0 radical (unpaired) electrons. The van der Waals surface area contributed by atoms with E-state index in [0.717, 1.165) is 67.7 Å². The molecule has 1 aromatic heterocycles. The third-order valence-electron chi connectivity index (χ3n) is 7.19. The molecule has 0 bridgehead atoms. The standard InChI is InChI=1S/C30H32FN3O2/c1-36-26-14-10-22(11-15-26)5-4-18-33-19-16-25(17-20-33)34-30(35)28-7-3-2-6-27(28)29(32-34)21-23-8-12-24(31)13-9-23/h2-3,6-15,25H,4-5,16-21H2,1H3. The second kappa shape index (κ2) is 11.0. The van der Waals surface area contributed by atoms with Crippen LogP contribution in [0.1, 0.15) is 42.1 Å². The summed E-state index contributed by atoms with van der Waals surface area (Å²) >= 11 is 0. The first kappa shape index (κ1) is 24.2. The number of rotatable bonds is 8. The maximum atomic E-state index is 13.4. The van der Waals surface area contributed by atoms with Crippen LogP contribution in [0.25, 0.3) is 10.8 Å². The van der Waals surface area contributed by atoms with Gasteiger partial charge in [0, 0.05) is 24.9 Å². The molecular formula is C30H32FN3O2. The van der Waals surface area contributed by atoms with Crippen molar-refractivity contribution < 1.29 is 9.13 Å². The fourth-order valence-electron chi connectivity index (χ4n) is 5.13. The minimum atomic E-state index is -0.253. The highest BCUT2D eigenvalue weighted by Crippen LogP contribution is 2.24. The van der Waals surface area contributed by atoms with Gasteiger partial charge in [-0.3, -0.25) is 4.79 Å². The van der Waals surface area contributed by atoms with Crippen molar-refractivity contribution in [1.29, 1.82) is 0 Å². The van der Waals surface area contributed by atoms with Crippen molar-refractivity contribution in [3.63, 3.8) is 0 Å². The molecule has 0 saturated carbocycles. The van der Waals surface area contributed by atoms with Crippen molar-refractivity contribution in [2.45, 2.75) is 38.1 Å². The molecule has 6 heteroatoms. The second-order valence-corrected chi connectivity index (χ2v) is 9.57. The predicted molar refractivity (Wildman–Crippen MR) is 141 cm³/mol. The van der Waals surface area contributed by atoms with Crippen LogP contribution in [-0.4, -0.2) is 41.4 Å². The van der Waals surface area contributed by atoms with E-state index in [9.17, 15) is 9.18 Å². The Morgan fingerprint density at radius 1 is 0.917 bits per heavy atom. The molecule has 0 N–H and O–H groups in total. The highest BCUT2D eigenvalue weighted by Gasteiger charge is 2.23. The molecule has 0 unspecified atom stereocenters. The molecule has 0 spiro atoms. The summed E-state index contributed by atoms with van der Waals surface area (Å²) in [6.45, 7) is 2.97. The molecule has 1 fully saturated rings. The van der Waals surface area contributed by atoms with Gasteiger partial charge in [0.05, 0.1) is 24.2 Å². The lowest BCUT2D eigenvalue weighted by molar-refractivity contribution is 0.175. The summed E-state index contributed by atoms with van der Waals surface area (Å²) in [6.07, 6.45) is 4.52. The van der Waals surface area contributed by atoms with Gasteiger partial charge in [-0.15, -0.1) is 0 Å². The Hall–Kier alpha value is -3.51. The van der Waals surface area contributed by atoms with Gasteiger partial charge in [0.2, 0.25) is 0 Å². The van der Waals surface area contributed by atoms with E-state index < -0.39 is 0 Å².